The van der Waals surface area contributed by atoms with Crippen molar-refractivity contribution in [3.8, 4) is 0 Å². The Morgan fingerprint density at radius 2 is 1.33 bits per heavy atom. The van der Waals surface area contributed by atoms with Gasteiger partial charge < -0.3 is 10.1 Å². The molecule has 0 saturated carbocycles. The molecule has 0 aromatic heterocycles. The van der Waals surface area contributed by atoms with E-state index in [1.165, 1.54) is 44.9 Å². The third-order valence-electron chi connectivity index (χ3n) is 4.97. The Morgan fingerprint density at radius 3 is 1.88 bits per heavy atom. The maximum absolute atomic E-state index is 11.9. The van der Waals surface area contributed by atoms with Crippen LogP contribution in [0.5, 0.6) is 0 Å². The van der Waals surface area contributed by atoms with Gasteiger partial charge in [0.15, 0.2) is 0 Å². The van der Waals surface area contributed by atoms with Gasteiger partial charge in [-0.05, 0) is 52.9 Å². The lowest BCUT2D eigenvalue weighted by atomic mass is 10.1. The van der Waals surface area contributed by atoms with Gasteiger partial charge in [-0.3, -0.25) is 9.52 Å². The maximum atomic E-state index is 11.9. The summed E-state index contributed by atoms with van der Waals surface area (Å²) in [6.45, 7) is 7.28. The molecule has 194 valence electrons. The standard InChI is InChI=1S/C25H48N2O5S/c1-5-6-7-8-9-10-11-12-13-14-15-16-17-18-19-20-23(28)27-33(30,31)22-21-26-24(29)32-25(2,3)4/h12-13H,5-11,14-22H2,1-4H3,(H,26,29)(H,27,28)/b13-12-. The van der Waals surface area contributed by atoms with Crippen molar-refractivity contribution in [1.82, 2.24) is 10.0 Å². The van der Waals surface area contributed by atoms with E-state index in [2.05, 4.69) is 29.1 Å². The highest BCUT2D eigenvalue weighted by atomic mass is 32.2. The number of nitrogens with one attached hydrogen (secondary N) is 2. The second-order valence-electron chi connectivity index (χ2n) is 9.61. The predicted molar refractivity (Wildman–Crippen MR) is 136 cm³/mol. The van der Waals surface area contributed by atoms with Crippen molar-refractivity contribution in [2.24, 2.45) is 0 Å². The summed E-state index contributed by atoms with van der Waals surface area (Å²) in [4.78, 5) is 23.4. The molecule has 0 atom stereocenters. The van der Waals surface area contributed by atoms with Gasteiger partial charge in [-0.2, -0.15) is 0 Å². The molecule has 2 N–H and O–H groups in total. The molecule has 0 aromatic carbocycles. The molecule has 0 fully saturated rings. The first-order valence-electron chi connectivity index (χ1n) is 12.7. The van der Waals surface area contributed by atoms with Gasteiger partial charge in [0.1, 0.15) is 5.60 Å². The fraction of sp³-hybridized carbons (Fsp3) is 0.840. The molecule has 0 rings (SSSR count). The first-order valence-corrected chi connectivity index (χ1v) is 14.4. The summed E-state index contributed by atoms with van der Waals surface area (Å²) in [7, 11) is -3.77. The van der Waals surface area contributed by atoms with Gasteiger partial charge >= 0.3 is 6.09 Å². The van der Waals surface area contributed by atoms with E-state index in [4.69, 9.17) is 4.74 Å². The smallest absolute Gasteiger partial charge is 0.407 e. The summed E-state index contributed by atoms with van der Waals surface area (Å²) in [5, 5.41) is 2.37. The van der Waals surface area contributed by atoms with Crippen LogP contribution in [0.4, 0.5) is 4.79 Å². The molecule has 33 heavy (non-hydrogen) atoms. The lowest BCUT2D eigenvalue weighted by Gasteiger charge is -2.19. The number of ether oxygens (including phenoxy) is 1. The van der Waals surface area contributed by atoms with Gasteiger partial charge in [-0.1, -0.05) is 70.4 Å². The summed E-state index contributed by atoms with van der Waals surface area (Å²) < 4.78 is 31.0. The highest BCUT2D eigenvalue weighted by Gasteiger charge is 2.18. The van der Waals surface area contributed by atoms with Crippen molar-refractivity contribution in [2.75, 3.05) is 12.3 Å². The number of sulfonamides is 1. The Kier molecular flexibility index (Phi) is 17.9. The van der Waals surface area contributed by atoms with Gasteiger partial charge in [0.2, 0.25) is 15.9 Å². The molecule has 0 aromatic rings. The van der Waals surface area contributed by atoms with E-state index in [0.29, 0.717) is 6.42 Å². The Labute approximate surface area is 202 Å². The van der Waals surface area contributed by atoms with Crippen LogP contribution in [0, 0.1) is 0 Å². The summed E-state index contributed by atoms with van der Waals surface area (Å²) in [5.41, 5.74) is -0.652. The monoisotopic (exact) mass is 488 g/mol. The minimum atomic E-state index is -3.77. The van der Waals surface area contributed by atoms with Crippen LogP contribution in [0.1, 0.15) is 118 Å². The number of hydrogen-bond donors (Lipinski definition) is 2. The van der Waals surface area contributed by atoms with E-state index >= 15 is 0 Å². The third kappa shape index (κ3) is 23.4. The van der Waals surface area contributed by atoms with E-state index in [9.17, 15) is 18.0 Å². The Hall–Kier alpha value is -1.57. The quantitative estimate of drug-likeness (QED) is 0.172. The molecule has 0 aliphatic heterocycles. The van der Waals surface area contributed by atoms with E-state index in [1.54, 1.807) is 20.8 Å². The Morgan fingerprint density at radius 1 is 0.818 bits per heavy atom. The number of amides is 2. The second kappa shape index (κ2) is 18.8. The van der Waals surface area contributed by atoms with Crippen LogP contribution in [0.3, 0.4) is 0 Å². The van der Waals surface area contributed by atoms with Crippen molar-refractivity contribution in [1.29, 1.82) is 0 Å². The first kappa shape index (κ1) is 31.4. The fourth-order valence-corrected chi connectivity index (χ4v) is 4.16. The SMILES string of the molecule is CCCCCCCC/C=C\CCCCCCCC(=O)NS(=O)(=O)CCNC(=O)OC(C)(C)C. The molecule has 7 nitrogen and oxygen atoms in total. The van der Waals surface area contributed by atoms with E-state index in [0.717, 1.165) is 32.1 Å². The fourth-order valence-electron chi connectivity index (χ4n) is 3.23. The van der Waals surface area contributed by atoms with Crippen molar-refractivity contribution < 1.29 is 22.7 Å². The molecule has 8 heteroatoms. The van der Waals surface area contributed by atoms with Crippen LogP contribution in [-0.2, 0) is 19.6 Å². The van der Waals surface area contributed by atoms with E-state index < -0.39 is 27.6 Å². The zero-order chi connectivity index (χ0) is 25.0. The van der Waals surface area contributed by atoms with Crippen molar-refractivity contribution in [3.63, 3.8) is 0 Å². The van der Waals surface area contributed by atoms with Crippen molar-refractivity contribution in [2.45, 2.75) is 123 Å². The van der Waals surface area contributed by atoms with E-state index in [-0.39, 0.29) is 18.7 Å². The number of allylic oxidation sites excluding steroid dienone is 2. The van der Waals surface area contributed by atoms with Gasteiger partial charge in [-0.25, -0.2) is 13.2 Å². The lowest BCUT2D eigenvalue weighted by molar-refractivity contribution is -0.119. The number of rotatable bonds is 19. The minimum absolute atomic E-state index is 0.120. The number of carbonyl (C=O) groups is 2. The molecule has 0 aliphatic rings. The highest BCUT2D eigenvalue weighted by molar-refractivity contribution is 7.90. The number of alkyl carbamates (subject to hydrolysis) is 1. The molecule has 0 heterocycles. The molecule has 0 bridgehead atoms. The molecular formula is C25H48N2O5S. The number of carbonyl (C=O) groups excluding carboxylic acids is 2. The van der Waals surface area contributed by atoms with Crippen LogP contribution in [0.25, 0.3) is 0 Å². The average Bonchev–Trinajstić information content (AvgIpc) is 2.69. The zero-order valence-corrected chi connectivity index (χ0v) is 22.2. The predicted octanol–water partition coefficient (Wildman–Crippen LogP) is 5.99. The summed E-state index contributed by atoms with van der Waals surface area (Å²) in [6.07, 6.45) is 19.3. The van der Waals surface area contributed by atoms with Gasteiger partial charge in [0.05, 0.1) is 5.75 Å². The molecule has 0 saturated heterocycles. The summed E-state index contributed by atoms with van der Waals surface area (Å²) in [5.74, 6) is -0.866. The van der Waals surface area contributed by atoms with Gasteiger partial charge in [0, 0.05) is 13.0 Å². The number of hydrogen-bond acceptors (Lipinski definition) is 5. The Balaban J connectivity index is 3.65. The topological polar surface area (TPSA) is 102 Å². The number of unbranched alkanes of at least 4 members (excludes halogenated alkanes) is 11. The van der Waals surface area contributed by atoms with Gasteiger partial charge in [0.25, 0.3) is 0 Å². The summed E-state index contributed by atoms with van der Waals surface area (Å²) >= 11 is 0. The van der Waals surface area contributed by atoms with Crippen LogP contribution < -0.4 is 10.0 Å². The van der Waals surface area contributed by atoms with Crippen LogP contribution in [0.2, 0.25) is 0 Å². The van der Waals surface area contributed by atoms with Crippen LogP contribution in [0.15, 0.2) is 12.2 Å². The summed E-state index contributed by atoms with van der Waals surface area (Å²) in [6, 6.07) is 0. The van der Waals surface area contributed by atoms with Crippen molar-refractivity contribution in [3.05, 3.63) is 12.2 Å². The first-order chi connectivity index (χ1) is 15.6. The largest absolute Gasteiger partial charge is 0.444 e. The molecular weight excluding hydrogens is 440 g/mol. The van der Waals surface area contributed by atoms with Crippen LogP contribution in [-0.4, -0.2) is 38.3 Å². The van der Waals surface area contributed by atoms with Crippen LogP contribution >= 0.6 is 0 Å². The third-order valence-corrected chi connectivity index (χ3v) is 6.25. The molecule has 0 unspecified atom stereocenters. The second-order valence-corrected chi connectivity index (χ2v) is 11.4. The normalized spacial score (nSPS) is 12.1. The van der Waals surface area contributed by atoms with Crippen molar-refractivity contribution >= 4 is 22.0 Å². The minimum Gasteiger partial charge on any atom is -0.444 e. The lowest BCUT2D eigenvalue weighted by Crippen LogP contribution is -2.39. The highest BCUT2D eigenvalue weighted by Crippen LogP contribution is 2.10. The molecule has 0 aliphatic carbocycles. The molecule has 0 radical (unpaired) electrons. The van der Waals surface area contributed by atoms with E-state index in [1.807, 2.05) is 0 Å². The maximum Gasteiger partial charge on any atom is 0.407 e. The molecule has 0 spiro atoms. The Bertz CT molecular complexity index is 654. The zero-order valence-electron chi connectivity index (χ0n) is 21.4. The average molecular weight is 489 g/mol. The molecule has 2 amide bonds. The van der Waals surface area contributed by atoms with Gasteiger partial charge in [-0.15, -0.1) is 0 Å².